The van der Waals surface area contributed by atoms with E-state index in [1.807, 2.05) is 6.92 Å². The zero-order valence-electron chi connectivity index (χ0n) is 18.1. The molecule has 0 bridgehead atoms. The predicted molar refractivity (Wildman–Crippen MR) is 117 cm³/mol. The first-order chi connectivity index (χ1) is 14.3. The molecule has 1 N–H and O–H groups in total. The second kappa shape index (κ2) is 9.34. The van der Waals surface area contributed by atoms with Crippen molar-refractivity contribution in [3.63, 3.8) is 0 Å². The minimum Gasteiger partial charge on any atom is -0.358 e. The molecule has 0 aliphatic carbocycles. The molecule has 2 aliphatic rings. The van der Waals surface area contributed by atoms with Crippen LogP contribution in [0.1, 0.15) is 46.5 Å². The Morgan fingerprint density at radius 1 is 1.17 bits per heavy atom. The highest BCUT2D eigenvalue weighted by Gasteiger charge is 2.40. The normalized spacial score (nSPS) is 18.9. The number of nitrogens with zero attached hydrogens (tertiary/aromatic N) is 3. The molecule has 1 aromatic rings. The van der Waals surface area contributed by atoms with Crippen LogP contribution < -0.4 is 15.1 Å². The highest BCUT2D eigenvalue weighted by molar-refractivity contribution is 7.89. The quantitative estimate of drug-likeness (QED) is 0.673. The van der Waals surface area contributed by atoms with Crippen molar-refractivity contribution in [2.75, 3.05) is 42.5 Å². The fourth-order valence-corrected chi connectivity index (χ4v) is 5.72. The van der Waals surface area contributed by atoms with Gasteiger partial charge in [-0.3, -0.25) is 14.5 Å². The van der Waals surface area contributed by atoms with Gasteiger partial charge in [0.2, 0.25) is 21.8 Å². The molecule has 1 saturated heterocycles. The standard InChI is InChI=1S/C21H32N4O4S/c1-4-12-22-20(26)15-25-19-14-16(30(28,29)23(5-2)6-3)10-11-17(19)24-13-8-7-9-18(24)21(25)27/h10-11,14,18H,4-9,12-13,15H2,1-3H3,(H,22,26)/t18-/m1/s1. The SMILES string of the molecule is CCCNC(=O)CN1C(=O)[C@H]2CCCCN2c2ccc(S(=O)(=O)N(CC)CC)cc21. The first-order valence-corrected chi connectivity index (χ1v) is 12.3. The van der Waals surface area contributed by atoms with Crippen molar-refractivity contribution in [2.24, 2.45) is 0 Å². The van der Waals surface area contributed by atoms with Crippen LogP contribution in [0.3, 0.4) is 0 Å². The van der Waals surface area contributed by atoms with Crippen molar-refractivity contribution in [1.29, 1.82) is 0 Å². The van der Waals surface area contributed by atoms with Gasteiger partial charge in [0.15, 0.2) is 0 Å². The summed E-state index contributed by atoms with van der Waals surface area (Å²) in [6, 6.07) is 4.66. The molecule has 9 heteroatoms. The van der Waals surface area contributed by atoms with Gasteiger partial charge in [-0.2, -0.15) is 4.31 Å². The summed E-state index contributed by atoms with van der Waals surface area (Å²) in [5.41, 5.74) is 1.32. The zero-order valence-corrected chi connectivity index (χ0v) is 18.9. The van der Waals surface area contributed by atoms with E-state index in [1.54, 1.807) is 32.0 Å². The van der Waals surface area contributed by atoms with Crippen LogP contribution in [0, 0.1) is 0 Å². The van der Waals surface area contributed by atoms with Gasteiger partial charge in [0, 0.05) is 26.2 Å². The molecule has 2 aliphatic heterocycles. The average molecular weight is 437 g/mol. The molecule has 0 saturated carbocycles. The van der Waals surface area contributed by atoms with E-state index in [2.05, 4.69) is 10.2 Å². The number of benzene rings is 1. The fourth-order valence-electron chi connectivity index (χ4n) is 4.24. The highest BCUT2D eigenvalue weighted by Crippen LogP contribution is 2.40. The smallest absolute Gasteiger partial charge is 0.250 e. The summed E-state index contributed by atoms with van der Waals surface area (Å²) in [5, 5.41) is 2.81. The number of hydrogen-bond donors (Lipinski definition) is 1. The van der Waals surface area contributed by atoms with E-state index in [0.29, 0.717) is 25.3 Å². The van der Waals surface area contributed by atoms with Crippen LogP contribution in [0.2, 0.25) is 0 Å². The minimum absolute atomic E-state index is 0.106. The molecule has 8 nitrogen and oxygen atoms in total. The molecular weight excluding hydrogens is 404 g/mol. The molecule has 1 fully saturated rings. The number of nitrogens with one attached hydrogen (secondary N) is 1. The summed E-state index contributed by atoms with van der Waals surface area (Å²) in [4.78, 5) is 29.4. The van der Waals surface area contributed by atoms with Crippen molar-refractivity contribution in [3.8, 4) is 0 Å². The molecule has 0 spiro atoms. The zero-order chi connectivity index (χ0) is 21.9. The third-order valence-corrected chi connectivity index (χ3v) is 7.86. The molecule has 1 aromatic carbocycles. The van der Waals surface area contributed by atoms with E-state index < -0.39 is 10.0 Å². The summed E-state index contributed by atoms with van der Waals surface area (Å²) in [6.45, 7) is 7.48. The van der Waals surface area contributed by atoms with E-state index >= 15 is 0 Å². The first kappa shape index (κ1) is 22.6. The molecular formula is C21H32N4O4S. The van der Waals surface area contributed by atoms with Crippen molar-refractivity contribution in [1.82, 2.24) is 9.62 Å². The Morgan fingerprint density at radius 3 is 2.57 bits per heavy atom. The van der Waals surface area contributed by atoms with Gasteiger partial charge >= 0.3 is 0 Å². The van der Waals surface area contributed by atoms with E-state index in [4.69, 9.17) is 0 Å². The molecule has 166 valence electrons. The van der Waals surface area contributed by atoms with Gasteiger partial charge in [-0.25, -0.2) is 8.42 Å². The minimum atomic E-state index is -3.67. The maximum atomic E-state index is 13.3. The molecule has 3 rings (SSSR count). The lowest BCUT2D eigenvalue weighted by atomic mass is 9.96. The number of amides is 2. The van der Waals surface area contributed by atoms with Crippen molar-refractivity contribution >= 4 is 33.2 Å². The molecule has 30 heavy (non-hydrogen) atoms. The third-order valence-electron chi connectivity index (χ3n) is 5.82. The highest BCUT2D eigenvalue weighted by atomic mass is 32.2. The van der Waals surface area contributed by atoms with Gasteiger partial charge in [0.25, 0.3) is 0 Å². The van der Waals surface area contributed by atoms with Gasteiger partial charge in [-0.1, -0.05) is 20.8 Å². The number of sulfonamides is 1. The van der Waals surface area contributed by atoms with Gasteiger partial charge in [0.1, 0.15) is 12.6 Å². The van der Waals surface area contributed by atoms with Crippen molar-refractivity contribution in [3.05, 3.63) is 18.2 Å². The number of piperidine rings is 1. The Balaban J connectivity index is 2.05. The maximum Gasteiger partial charge on any atom is 0.250 e. The van der Waals surface area contributed by atoms with Gasteiger partial charge in [0.05, 0.1) is 16.3 Å². The molecule has 2 amide bonds. The monoisotopic (exact) mass is 436 g/mol. The van der Waals surface area contributed by atoms with Gasteiger partial charge < -0.3 is 10.2 Å². The number of rotatable bonds is 8. The molecule has 1 atom stereocenters. The molecule has 0 unspecified atom stereocenters. The molecule has 0 aromatic heterocycles. The summed E-state index contributed by atoms with van der Waals surface area (Å²) in [5.74, 6) is -0.372. The maximum absolute atomic E-state index is 13.3. The number of carbonyl (C=O) groups excluding carboxylic acids is 2. The fraction of sp³-hybridized carbons (Fsp3) is 0.619. The van der Waals surface area contributed by atoms with Crippen LogP contribution in [0.15, 0.2) is 23.1 Å². The van der Waals surface area contributed by atoms with E-state index in [9.17, 15) is 18.0 Å². The summed E-state index contributed by atoms with van der Waals surface area (Å²) < 4.78 is 27.5. The number of fused-ring (bicyclic) bond motifs is 3. The van der Waals surface area contributed by atoms with Gasteiger partial charge in [-0.15, -0.1) is 0 Å². The van der Waals surface area contributed by atoms with Crippen LogP contribution in [0.5, 0.6) is 0 Å². The van der Waals surface area contributed by atoms with E-state index in [1.165, 1.54) is 9.21 Å². The Morgan fingerprint density at radius 2 is 1.90 bits per heavy atom. The first-order valence-electron chi connectivity index (χ1n) is 10.8. The Bertz CT molecular complexity index is 898. The second-order valence-electron chi connectivity index (χ2n) is 7.72. The van der Waals surface area contributed by atoms with Crippen LogP contribution in [-0.2, 0) is 19.6 Å². The summed E-state index contributed by atoms with van der Waals surface area (Å²) in [6.07, 6.45) is 3.50. The van der Waals surface area contributed by atoms with Crippen molar-refractivity contribution in [2.45, 2.75) is 57.4 Å². The topological polar surface area (TPSA) is 90.0 Å². The third kappa shape index (κ3) is 4.18. The number of anilines is 2. The van der Waals surface area contributed by atoms with Crippen LogP contribution in [0.25, 0.3) is 0 Å². The Hall–Kier alpha value is -2.13. The molecule has 2 heterocycles. The Labute approximate surface area is 179 Å². The second-order valence-corrected chi connectivity index (χ2v) is 9.66. The summed E-state index contributed by atoms with van der Waals surface area (Å²) in [7, 11) is -3.67. The van der Waals surface area contributed by atoms with E-state index in [0.717, 1.165) is 37.9 Å². The Kier molecular flexibility index (Phi) is 7.02. The van der Waals surface area contributed by atoms with Crippen molar-refractivity contribution < 1.29 is 18.0 Å². The number of hydrogen-bond acceptors (Lipinski definition) is 5. The van der Waals surface area contributed by atoms with Crippen LogP contribution in [0.4, 0.5) is 11.4 Å². The summed E-state index contributed by atoms with van der Waals surface area (Å²) >= 11 is 0. The van der Waals surface area contributed by atoms with Crippen LogP contribution in [-0.4, -0.2) is 63.3 Å². The lowest BCUT2D eigenvalue weighted by Gasteiger charge is -2.45. The average Bonchev–Trinajstić information content (AvgIpc) is 2.75. The largest absolute Gasteiger partial charge is 0.358 e. The lowest BCUT2D eigenvalue weighted by molar-refractivity contribution is -0.125. The predicted octanol–water partition coefficient (Wildman–Crippen LogP) is 1.95. The number of carbonyl (C=O) groups is 2. The van der Waals surface area contributed by atoms with E-state index in [-0.39, 0.29) is 29.3 Å². The lowest BCUT2D eigenvalue weighted by Crippen LogP contribution is -2.57. The van der Waals surface area contributed by atoms with Gasteiger partial charge in [-0.05, 0) is 43.9 Å². The van der Waals surface area contributed by atoms with Crippen LogP contribution >= 0.6 is 0 Å². The molecule has 0 radical (unpaired) electrons.